The zero-order valence-corrected chi connectivity index (χ0v) is 35.6. The highest BCUT2D eigenvalue weighted by atomic mass is 32.2. The largest absolute Gasteiger partial charge is 0.475 e. The third-order valence-electron chi connectivity index (χ3n) is 10.1. The highest BCUT2D eigenvalue weighted by molar-refractivity contribution is 8.14. The summed E-state index contributed by atoms with van der Waals surface area (Å²) < 4.78 is 53.8. The first-order valence-corrected chi connectivity index (χ1v) is 23.2. The van der Waals surface area contributed by atoms with E-state index in [9.17, 15) is 38.4 Å². The average Bonchev–Trinajstić information content (AvgIpc) is 3.67. The summed E-state index contributed by atoms with van der Waals surface area (Å²) in [7, 11) is -7.21. The Kier molecular flexibility index (Phi) is 14.2. The summed E-state index contributed by atoms with van der Waals surface area (Å²) in [5, 5.41) is 9.75. The number of nitrogens with one attached hydrogen (secondary N) is 2. The SMILES string of the molecule is CC(=O)SCC(=O)C(C)(C)COP(=O)(OC[C@H]1O[C@@H](n2cc(C)c(=O)[nH]c2=O)C[C@@H]1O[Si](C)(C)C(C)(C)C)O[C@H]1C[C@H](n2cc(C)c(=O)[nH]c2=O)O[C@@H]1CO. The average molecular weight is 833 g/mol. The normalized spacial score (nSPS) is 24.6. The number of H-pyrrole nitrogens is 2. The molecule has 0 aromatic carbocycles. The van der Waals surface area contributed by atoms with Crippen LogP contribution < -0.4 is 22.5 Å². The molecule has 0 radical (unpaired) electrons. The van der Waals surface area contributed by atoms with E-state index in [0.717, 1.165) is 16.3 Å². The van der Waals surface area contributed by atoms with E-state index in [1.54, 1.807) is 20.8 Å². The van der Waals surface area contributed by atoms with Crippen molar-refractivity contribution in [2.24, 2.45) is 5.41 Å². The van der Waals surface area contributed by atoms with E-state index in [4.69, 9.17) is 27.5 Å². The monoisotopic (exact) mass is 832 g/mol. The van der Waals surface area contributed by atoms with E-state index in [-0.39, 0.29) is 45.7 Å². The van der Waals surface area contributed by atoms with E-state index in [1.165, 1.54) is 30.8 Å². The third kappa shape index (κ3) is 11.0. The molecular formula is C34H53N4O14PSSi. The molecule has 21 heteroatoms. The lowest BCUT2D eigenvalue weighted by Gasteiger charge is -2.39. The number of Topliss-reactive ketones (excluding diaryl/α,β-unsaturated/α-hetero) is 1. The lowest BCUT2D eigenvalue weighted by molar-refractivity contribution is -0.126. The molecule has 308 valence electrons. The third-order valence-corrected chi connectivity index (χ3v) is 16.9. The summed E-state index contributed by atoms with van der Waals surface area (Å²) >= 11 is 0.824. The number of hydrogen-bond donors (Lipinski definition) is 3. The van der Waals surface area contributed by atoms with Crippen LogP contribution in [0.4, 0.5) is 0 Å². The number of carbonyl (C=O) groups excluding carboxylic acids is 2. The van der Waals surface area contributed by atoms with Crippen molar-refractivity contribution in [1.29, 1.82) is 0 Å². The molecule has 3 N–H and O–H groups in total. The van der Waals surface area contributed by atoms with Gasteiger partial charge in [0.15, 0.2) is 19.2 Å². The minimum atomic E-state index is -4.72. The molecule has 0 saturated carbocycles. The predicted octanol–water partition coefficient (Wildman–Crippen LogP) is 3.06. The lowest BCUT2D eigenvalue weighted by atomic mass is 9.90. The van der Waals surface area contributed by atoms with Crippen LogP contribution in [0.3, 0.4) is 0 Å². The van der Waals surface area contributed by atoms with Gasteiger partial charge in [-0.1, -0.05) is 46.4 Å². The molecule has 2 aromatic heterocycles. The van der Waals surface area contributed by atoms with Crippen molar-refractivity contribution in [2.75, 3.05) is 25.6 Å². The van der Waals surface area contributed by atoms with Crippen LogP contribution in [-0.4, -0.2) is 93.4 Å². The van der Waals surface area contributed by atoms with Crippen LogP contribution >= 0.6 is 19.6 Å². The lowest BCUT2D eigenvalue weighted by Crippen LogP contribution is -2.46. The number of phosphoric acid groups is 1. The molecule has 4 rings (SSSR count). The summed E-state index contributed by atoms with van der Waals surface area (Å²) in [5.74, 6) is -0.514. The topological polar surface area (TPSA) is 237 Å². The number of aliphatic hydroxyl groups is 1. The van der Waals surface area contributed by atoms with Gasteiger partial charge in [-0.05, 0) is 32.0 Å². The molecule has 7 atom stereocenters. The van der Waals surface area contributed by atoms with Gasteiger partial charge in [-0.3, -0.25) is 51.9 Å². The minimum Gasteiger partial charge on any atom is -0.411 e. The zero-order valence-electron chi connectivity index (χ0n) is 32.9. The highest BCUT2D eigenvalue weighted by Gasteiger charge is 2.48. The summed E-state index contributed by atoms with van der Waals surface area (Å²) in [6.07, 6.45) is -3.12. The van der Waals surface area contributed by atoms with Crippen molar-refractivity contribution in [1.82, 2.24) is 19.1 Å². The molecule has 4 heterocycles. The van der Waals surface area contributed by atoms with Gasteiger partial charge in [-0.25, -0.2) is 14.2 Å². The van der Waals surface area contributed by atoms with Gasteiger partial charge in [0.05, 0.1) is 31.7 Å². The number of aryl methyl sites for hydroxylation is 2. The molecule has 2 aromatic rings. The molecular weight excluding hydrogens is 780 g/mol. The Morgan fingerprint density at radius 2 is 1.42 bits per heavy atom. The maximum atomic E-state index is 14.7. The number of nitrogens with zero attached hydrogens (tertiary/aromatic N) is 2. The van der Waals surface area contributed by atoms with Gasteiger partial charge in [0, 0.05) is 48.7 Å². The molecule has 18 nitrogen and oxygen atoms in total. The Hall–Kier alpha value is -2.78. The van der Waals surface area contributed by atoms with Crippen molar-refractivity contribution in [2.45, 2.75) is 123 Å². The molecule has 2 aliphatic rings. The Morgan fingerprint density at radius 3 is 1.91 bits per heavy atom. The van der Waals surface area contributed by atoms with Crippen LogP contribution in [0.1, 0.15) is 78.0 Å². The number of thioether (sulfide) groups is 1. The quantitative estimate of drug-likeness (QED) is 0.163. The van der Waals surface area contributed by atoms with E-state index in [1.807, 2.05) is 13.1 Å². The number of carbonyl (C=O) groups is 2. The van der Waals surface area contributed by atoms with Gasteiger partial charge in [-0.15, -0.1) is 0 Å². The first kappa shape index (κ1) is 44.9. The van der Waals surface area contributed by atoms with Crippen molar-refractivity contribution in [3.05, 3.63) is 65.2 Å². The summed E-state index contributed by atoms with van der Waals surface area (Å²) in [6, 6.07) is 0. The van der Waals surface area contributed by atoms with Crippen molar-refractivity contribution in [3.8, 4) is 0 Å². The molecule has 0 bridgehead atoms. The fourth-order valence-electron chi connectivity index (χ4n) is 5.56. The first-order valence-electron chi connectivity index (χ1n) is 17.8. The van der Waals surface area contributed by atoms with Crippen LogP contribution in [0, 0.1) is 19.3 Å². The smallest absolute Gasteiger partial charge is 0.411 e. The number of aromatic amines is 2. The van der Waals surface area contributed by atoms with Crippen LogP contribution in [0.15, 0.2) is 31.6 Å². The van der Waals surface area contributed by atoms with Crippen LogP contribution in [0.5, 0.6) is 0 Å². The summed E-state index contributed by atoms with van der Waals surface area (Å²) in [4.78, 5) is 78.7. The van der Waals surface area contributed by atoms with E-state index in [2.05, 4.69) is 30.7 Å². The summed E-state index contributed by atoms with van der Waals surface area (Å²) in [5.41, 5.74) is -3.33. The number of hydrogen-bond acceptors (Lipinski definition) is 15. The van der Waals surface area contributed by atoms with Crippen molar-refractivity contribution >= 4 is 38.8 Å². The Morgan fingerprint density at radius 1 is 0.909 bits per heavy atom. The van der Waals surface area contributed by atoms with Crippen molar-refractivity contribution in [3.63, 3.8) is 0 Å². The van der Waals surface area contributed by atoms with Gasteiger partial charge in [0.2, 0.25) is 0 Å². The number of ketones is 1. The first-order chi connectivity index (χ1) is 25.4. The summed E-state index contributed by atoms with van der Waals surface area (Å²) in [6.45, 7) is 16.2. The number of aromatic nitrogens is 4. The van der Waals surface area contributed by atoms with Crippen LogP contribution in [-0.2, 0) is 41.6 Å². The number of aliphatic hydroxyl groups excluding tert-OH is 1. The highest BCUT2D eigenvalue weighted by Crippen LogP contribution is 2.55. The second-order valence-electron chi connectivity index (χ2n) is 16.0. The van der Waals surface area contributed by atoms with Crippen LogP contribution in [0.25, 0.3) is 0 Å². The van der Waals surface area contributed by atoms with Crippen LogP contribution in [0.2, 0.25) is 18.1 Å². The Balaban J connectivity index is 1.65. The van der Waals surface area contributed by atoms with Gasteiger partial charge < -0.3 is 19.0 Å². The number of ether oxygens (including phenoxy) is 2. The molecule has 1 unspecified atom stereocenters. The van der Waals surface area contributed by atoms with Gasteiger partial charge in [0.1, 0.15) is 30.8 Å². The Bertz CT molecular complexity index is 2020. The van der Waals surface area contributed by atoms with Gasteiger partial charge >= 0.3 is 19.2 Å². The van der Waals surface area contributed by atoms with E-state index < -0.39 is 101 Å². The maximum Gasteiger partial charge on any atom is 0.475 e. The molecule has 2 fully saturated rings. The van der Waals surface area contributed by atoms with E-state index in [0.29, 0.717) is 0 Å². The standard InChI is InChI=1S/C34H53N4O14PSSi/c1-19-13-37(31(44)35-29(19)42)27-11-22(24(15-39)49-27)51-53(46,48-18-34(7,8)26(41)17-54-21(3)40)47-16-25-23(52-55(9,10)33(4,5)6)12-28(50-25)38-14-20(2)30(43)36-32(38)45/h13-14,22-25,27-28,39H,11-12,15-18H2,1-10H3,(H,35,42,44)(H,36,43,45)/t22-,23-,24+,25+,27+,28+,53?/m0/s1. The maximum absolute atomic E-state index is 14.7. The number of phosphoric ester groups is 1. The molecule has 2 saturated heterocycles. The fraction of sp³-hybridized carbons (Fsp3) is 0.706. The fourth-order valence-corrected chi connectivity index (χ4v) is 9.20. The van der Waals surface area contributed by atoms with Gasteiger partial charge in [-0.2, -0.15) is 0 Å². The molecule has 0 spiro atoms. The molecule has 2 aliphatic heterocycles. The molecule has 0 aliphatic carbocycles. The van der Waals surface area contributed by atoms with Gasteiger partial charge in [0.25, 0.3) is 11.1 Å². The molecule has 55 heavy (non-hydrogen) atoms. The second-order valence-corrected chi connectivity index (χ2v) is 23.6. The molecule has 0 amide bonds. The van der Waals surface area contributed by atoms with Crippen molar-refractivity contribution < 1.29 is 46.7 Å². The minimum absolute atomic E-state index is 0.126. The second kappa shape index (κ2) is 17.4. The zero-order chi connectivity index (χ0) is 41.3. The predicted molar refractivity (Wildman–Crippen MR) is 205 cm³/mol. The number of rotatable bonds is 16. The van der Waals surface area contributed by atoms with E-state index >= 15 is 0 Å². The Labute approximate surface area is 323 Å².